The van der Waals surface area contributed by atoms with Crippen molar-refractivity contribution in [3.05, 3.63) is 63.9 Å². The molecule has 0 aliphatic heterocycles. The van der Waals surface area contributed by atoms with Crippen molar-refractivity contribution < 1.29 is 9.34 Å². The van der Waals surface area contributed by atoms with Crippen LogP contribution in [0.2, 0.25) is 0 Å². The van der Waals surface area contributed by atoms with Gasteiger partial charge in [0, 0.05) is 0 Å². The van der Waals surface area contributed by atoms with Gasteiger partial charge in [0.1, 0.15) is 10.7 Å². The van der Waals surface area contributed by atoms with Crippen molar-refractivity contribution >= 4 is 5.88 Å². The molecule has 1 N–H and O–H groups in total. The molecular formula is C13H14N2O3. The summed E-state index contributed by atoms with van der Waals surface area (Å²) in [5.74, 6) is 0.318. The highest BCUT2D eigenvalue weighted by Crippen LogP contribution is 2.26. The molecule has 0 aliphatic carbocycles. The summed E-state index contributed by atoms with van der Waals surface area (Å²) in [6.07, 6.45) is 0. The van der Waals surface area contributed by atoms with Crippen molar-refractivity contribution in [3.8, 4) is 0 Å². The summed E-state index contributed by atoms with van der Waals surface area (Å²) in [4.78, 5) is 10.1. The molecule has 2 aromatic rings. The van der Waals surface area contributed by atoms with E-state index in [9.17, 15) is 10.1 Å². The van der Waals surface area contributed by atoms with Crippen LogP contribution in [0.15, 0.2) is 46.9 Å². The molecule has 0 aliphatic rings. The average Bonchev–Trinajstić information content (AvgIpc) is 2.86. The van der Waals surface area contributed by atoms with Crippen LogP contribution in [0.4, 0.5) is 5.88 Å². The smallest absolute Gasteiger partial charge is 0.404 e. The first-order valence-corrected chi connectivity index (χ1v) is 5.75. The lowest BCUT2D eigenvalue weighted by Gasteiger charge is -2.15. The molecule has 1 heterocycles. The molecule has 1 aromatic carbocycles. The van der Waals surface area contributed by atoms with Crippen LogP contribution >= 0.6 is 0 Å². The average molecular weight is 246 g/mol. The fraction of sp³-hybridized carbons (Fsp3) is 0.231. The number of hydrogen-bond donors (Lipinski definition) is 1. The van der Waals surface area contributed by atoms with E-state index in [4.69, 9.17) is 4.42 Å². The highest BCUT2D eigenvalue weighted by molar-refractivity contribution is 5.29. The maximum atomic E-state index is 10.6. The summed E-state index contributed by atoms with van der Waals surface area (Å²) in [6, 6.07) is 12.6. The third-order valence-electron chi connectivity index (χ3n) is 2.62. The largest absolute Gasteiger partial charge is 0.433 e. The molecule has 94 valence electrons. The molecular weight excluding hydrogens is 232 g/mol. The Morgan fingerprint density at radius 3 is 2.56 bits per heavy atom. The minimum Gasteiger partial charge on any atom is -0.404 e. The Morgan fingerprint density at radius 2 is 2.00 bits per heavy atom. The summed E-state index contributed by atoms with van der Waals surface area (Å²) in [6.45, 7) is 2.72. The SMILES string of the molecule is CCNC(c1ccccc1)c1ccc([N+](=O)[O-])o1. The topological polar surface area (TPSA) is 68.3 Å². The summed E-state index contributed by atoms with van der Waals surface area (Å²) < 4.78 is 5.25. The van der Waals surface area contributed by atoms with Crippen molar-refractivity contribution in [1.82, 2.24) is 5.32 Å². The summed E-state index contributed by atoms with van der Waals surface area (Å²) in [5.41, 5.74) is 1.02. The zero-order valence-corrected chi connectivity index (χ0v) is 10.00. The Morgan fingerprint density at radius 1 is 1.28 bits per heavy atom. The number of nitrogens with zero attached hydrogens (tertiary/aromatic N) is 1. The predicted octanol–water partition coefficient (Wildman–Crippen LogP) is 2.89. The summed E-state index contributed by atoms with van der Waals surface area (Å²) in [5, 5.41) is 13.9. The van der Waals surface area contributed by atoms with Crippen LogP contribution < -0.4 is 5.32 Å². The molecule has 0 spiro atoms. The Hall–Kier alpha value is -2.14. The van der Waals surface area contributed by atoms with Gasteiger partial charge in [0.05, 0.1) is 12.1 Å². The van der Waals surface area contributed by atoms with Crippen LogP contribution in [-0.4, -0.2) is 11.5 Å². The molecule has 0 saturated heterocycles. The third kappa shape index (κ3) is 2.57. The summed E-state index contributed by atoms with van der Waals surface area (Å²) >= 11 is 0. The second-order valence-electron chi connectivity index (χ2n) is 3.83. The monoisotopic (exact) mass is 246 g/mol. The second kappa shape index (κ2) is 5.46. The number of rotatable bonds is 5. The zero-order valence-electron chi connectivity index (χ0n) is 10.00. The van der Waals surface area contributed by atoms with Crippen LogP contribution in [0, 0.1) is 10.1 Å². The molecule has 0 saturated carbocycles. The normalized spacial score (nSPS) is 12.3. The van der Waals surface area contributed by atoms with Crippen molar-refractivity contribution in [2.75, 3.05) is 6.54 Å². The van der Waals surface area contributed by atoms with Crippen LogP contribution in [0.3, 0.4) is 0 Å². The van der Waals surface area contributed by atoms with Crippen LogP contribution in [0.25, 0.3) is 0 Å². The molecule has 5 nitrogen and oxygen atoms in total. The first kappa shape index (κ1) is 12.3. The molecule has 1 unspecified atom stereocenters. The fourth-order valence-corrected chi connectivity index (χ4v) is 1.83. The Bertz CT molecular complexity index is 522. The van der Waals surface area contributed by atoms with Crippen LogP contribution in [0.5, 0.6) is 0 Å². The van der Waals surface area contributed by atoms with E-state index in [0.29, 0.717) is 5.76 Å². The van der Waals surface area contributed by atoms with Gasteiger partial charge in [0.25, 0.3) is 0 Å². The van der Waals surface area contributed by atoms with Gasteiger partial charge in [-0.15, -0.1) is 0 Å². The van der Waals surface area contributed by atoms with Crippen molar-refractivity contribution in [2.45, 2.75) is 13.0 Å². The van der Waals surface area contributed by atoms with Crippen LogP contribution in [0.1, 0.15) is 24.3 Å². The first-order chi connectivity index (χ1) is 8.72. The molecule has 1 atom stereocenters. The lowest BCUT2D eigenvalue weighted by Crippen LogP contribution is -2.21. The number of furan rings is 1. The number of nitro groups is 1. The summed E-state index contributed by atoms with van der Waals surface area (Å²) in [7, 11) is 0. The van der Waals surface area contributed by atoms with Crippen molar-refractivity contribution in [3.63, 3.8) is 0 Å². The lowest BCUT2D eigenvalue weighted by atomic mass is 10.0. The van der Waals surface area contributed by atoms with Gasteiger partial charge in [-0.3, -0.25) is 10.1 Å². The van der Waals surface area contributed by atoms with E-state index in [1.165, 1.54) is 6.07 Å². The third-order valence-corrected chi connectivity index (χ3v) is 2.62. The number of nitrogens with one attached hydrogen (secondary N) is 1. The maximum Gasteiger partial charge on any atom is 0.433 e. The van der Waals surface area contributed by atoms with E-state index < -0.39 is 4.92 Å². The molecule has 0 radical (unpaired) electrons. The molecule has 0 bridgehead atoms. The fourth-order valence-electron chi connectivity index (χ4n) is 1.83. The number of benzene rings is 1. The quantitative estimate of drug-likeness (QED) is 0.650. The second-order valence-corrected chi connectivity index (χ2v) is 3.83. The Balaban J connectivity index is 2.32. The van der Waals surface area contributed by atoms with E-state index in [1.807, 2.05) is 37.3 Å². The molecule has 0 amide bonds. The van der Waals surface area contributed by atoms with Gasteiger partial charge >= 0.3 is 5.88 Å². The van der Waals surface area contributed by atoms with Gasteiger partial charge in [0.15, 0.2) is 0 Å². The van der Waals surface area contributed by atoms with Gasteiger partial charge < -0.3 is 9.73 Å². The predicted molar refractivity (Wildman–Crippen MR) is 67.3 cm³/mol. The van der Waals surface area contributed by atoms with Gasteiger partial charge in [-0.1, -0.05) is 37.3 Å². The standard InChI is InChI=1S/C13H14N2O3/c1-2-14-13(10-6-4-3-5-7-10)11-8-9-12(18-11)15(16)17/h3-9,13-14H,2H2,1H3. The van der Waals surface area contributed by atoms with Gasteiger partial charge in [0.2, 0.25) is 0 Å². The molecule has 2 rings (SSSR count). The van der Waals surface area contributed by atoms with E-state index in [0.717, 1.165) is 12.1 Å². The first-order valence-electron chi connectivity index (χ1n) is 5.75. The minimum atomic E-state index is -0.530. The lowest BCUT2D eigenvalue weighted by molar-refractivity contribution is -0.402. The van der Waals surface area contributed by atoms with Gasteiger partial charge in [-0.05, 0) is 18.2 Å². The molecule has 0 fully saturated rings. The Labute approximate surface area is 105 Å². The van der Waals surface area contributed by atoms with E-state index >= 15 is 0 Å². The molecule has 5 heteroatoms. The zero-order chi connectivity index (χ0) is 13.0. The maximum absolute atomic E-state index is 10.6. The molecule has 18 heavy (non-hydrogen) atoms. The van der Waals surface area contributed by atoms with E-state index in [-0.39, 0.29) is 11.9 Å². The van der Waals surface area contributed by atoms with Crippen molar-refractivity contribution in [2.24, 2.45) is 0 Å². The highest BCUT2D eigenvalue weighted by Gasteiger charge is 2.20. The van der Waals surface area contributed by atoms with E-state index in [1.54, 1.807) is 6.07 Å². The minimum absolute atomic E-state index is 0.162. The molecule has 1 aromatic heterocycles. The van der Waals surface area contributed by atoms with Crippen molar-refractivity contribution in [1.29, 1.82) is 0 Å². The van der Waals surface area contributed by atoms with Crippen LogP contribution in [-0.2, 0) is 0 Å². The van der Waals surface area contributed by atoms with Gasteiger partial charge in [-0.25, -0.2) is 0 Å². The van der Waals surface area contributed by atoms with Gasteiger partial charge in [-0.2, -0.15) is 0 Å². The Kier molecular flexibility index (Phi) is 3.74. The number of hydrogen-bond acceptors (Lipinski definition) is 4. The van der Waals surface area contributed by atoms with E-state index in [2.05, 4.69) is 5.32 Å². The highest BCUT2D eigenvalue weighted by atomic mass is 16.6.